The van der Waals surface area contributed by atoms with Gasteiger partial charge in [0.15, 0.2) is 0 Å². The maximum Gasteiger partial charge on any atom is 0.523 e. The Morgan fingerprint density at radius 1 is 1.00 bits per heavy atom. The molecule has 0 aliphatic heterocycles. The van der Waals surface area contributed by atoms with Crippen LogP contribution in [0.25, 0.3) is 16.7 Å². The molecule has 0 saturated heterocycles. The molecule has 3 rings (SSSR count). The summed E-state index contributed by atoms with van der Waals surface area (Å²) >= 11 is 3.45. The van der Waals surface area contributed by atoms with E-state index in [2.05, 4.69) is 39.7 Å². The first-order valence-corrected chi connectivity index (χ1v) is 9.39. The molecule has 0 spiro atoms. The van der Waals surface area contributed by atoms with Crippen molar-refractivity contribution in [3.63, 3.8) is 0 Å². The normalized spacial score (nSPS) is 19.9. The number of aryl methyl sites for hydroxylation is 2. The summed E-state index contributed by atoms with van der Waals surface area (Å²) < 4.78 is 43.1. The van der Waals surface area contributed by atoms with E-state index in [1.54, 1.807) is 6.08 Å². The molecule has 1 aliphatic rings. The minimum atomic E-state index is -4.65. The van der Waals surface area contributed by atoms with Gasteiger partial charge in [0, 0.05) is 4.47 Å². The molecule has 0 fully saturated rings. The lowest BCUT2D eigenvalue weighted by atomic mass is 9.86. The first-order chi connectivity index (χ1) is 12.6. The van der Waals surface area contributed by atoms with Gasteiger partial charge in [-0.1, -0.05) is 52.4 Å². The molecule has 1 unspecified atom stereocenters. The number of hydrogen-bond acceptors (Lipinski definition) is 1. The van der Waals surface area contributed by atoms with E-state index in [0.29, 0.717) is 0 Å². The Hall–Kier alpha value is -1.85. The van der Waals surface area contributed by atoms with Gasteiger partial charge >= 0.3 is 6.36 Å². The van der Waals surface area contributed by atoms with E-state index < -0.39 is 12.0 Å². The molecule has 0 heterocycles. The summed E-state index contributed by atoms with van der Waals surface area (Å²) in [5.74, 6) is 0. The van der Waals surface area contributed by atoms with Gasteiger partial charge in [0.2, 0.25) is 0 Å². The topological polar surface area (TPSA) is 9.23 Å². The van der Waals surface area contributed by atoms with E-state index in [-0.39, 0.29) is 6.42 Å². The van der Waals surface area contributed by atoms with Crippen molar-refractivity contribution in [1.82, 2.24) is 0 Å². The second kappa shape index (κ2) is 7.28. The fourth-order valence-corrected chi connectivity index (χ4v) is 3.62. The summed E-state index contributed by atoms with van der Waals surface area (Å²) in [5.41, 5.74) is 5.01. The van der Waals surface area contributed by atoms with Crippen LogP contribution in [0.3, 0.4) is 0 Å². The van der Waals surface area contributed by atoms with Crippen LogP contribution in [0.4, 0.5) is 13.2 Å². The molecule has 0 radical (unpaired) electrons. The average molecular weight is 437 g/mol. The number of hydrogen-bond donors (Lipinski definition) is 0. The number of allylic oxidation sites excluding steroid dienone is 2. The van der Waals surface area contributed by atoms with Gasteiger partial charge in [-0.3, -0.25) is 4.74 Å². The zero-order valence-corrected chi connectivity index (χ0v) is 16.9. The van der Waals surface area contributed by atoms with Crippen molar-refractivity contribution in [2.75, 3.05) is 0 Å². The lowest BCUT2D eigenvalue weighted by Crippen LogP contribution is -2.34. The first kappa shape index (κ1) is 19.9. The molecule has 0 aromatic heterocycles. The van der Waals surface area contributed by atoms with Crippen molar-refractivity contribution in [3.8, 4) is 11.1 Å². The predicted octanol–water partition coefficient (Wildman–Crippen LogP) is 7.37. The van der Waals surface area contributed by atoms with E-state index in [4.69, 9.17) is 0 Å². The smallest absolute Gasteiger partial charge is 0.281 e. The summed E-state index contributed by atoms with van der Waals surface area (Å²) in [5, 5.41) is 0. The fourth-order valence-electron chi connectivity index (χ4n) is 3.36. The van der Waals surface area contributed by atoms with Gasteiger partial charge in [-0.15, -0.1) is 13.2 Å². The van der Waals surface area contributed by atoms with Gasteiger partial charge in [0.1, 0.15) is 0 Å². The van der Waals surface area contributed by atoms with Crippen molar-refractivity contribution in [2.24, 2.45) is 0 Å². The van der Waals surface area contributed by atoms with Gasteiger partial charge in [-0.2, -0.15) is 0 Å². The van der Waals surface area contributed by atoms with E-state index in [1.165, 1.54) is 13.0 Å². The van der Waals surface area contributed by atoms with Crippen LogP contribution in [0.1, 0.15) is 30.0 Å². The lowest BCUT2D eigenvalue weighted by molar-refractivity contribution is -0.355. The molecule has 2 aromatic rings. The maximum absolute atomic E-state index is 12.6. The maximum atomic E-state index is 12.6. The number of alkyl halides is 3. The molecule has 142 valence electrons. The van der Waals surface area contributed by atoms with Crippen LogP contribution in [0, 0.1) is 13.8 Å². The van der Waals surface area contributed by atoms with Crippen molar-refractivity contribution in [1.29, 1.82) is 0 Å². The Bertz CT molecular complexity index is 910. The van der Waals surface area contributed by atoms with Gasteiger partial charge in [0.05, 0.1) is 5.60 Å². The highest BCUT2D eigenvalue weighted by atomic mass is 79.9. The third-order valence-corrected chi connectivity index (χ3v) is 5.26. The first-order valence-electron chi connectivity index (χ1n) is 8.60. The molecule has 5 heteroatoms. The highest BCUT2D eigenvalue weighted by Crippen LogP contribution is 2.37. The van der Waals surface area contributed by atoms with E-state index in [9.17, 15) is 13.2 Å². The summed E-state index contributed by atoms with van der Waals surface area (Å²) in [6.45, 7) is 5.52. The van der Waals surface area contributed by atoms with E-state index >= 15 is 0 Å². The molecule has 1 aliphatic carbocycles. The van der Waals surface area contributed by atoms with E-state index in [0.717, 1.165) is 37.9 Å². The van der Waals surface area contributed by atoms with Crippen molar-refractivity contribution in [3.05, 3.63) is 75.8 Å². The molecule has 0 N–H and O–H groups in total. The van der Waals surface area contributed by atoms with Gasteiger partial charge < -0.3 is 0 Å². The molecule has 27 heavy (non-hydrogen) atoms. The monoisotopic (exact) mass is 436 g/mol. The highest BCUT2D eigenvalue weighted by Gasteiger charge is 2.39. The van der Waals surface area contributed by atoms with Crippen LogP contribution in [-0.2, 0) is 4.74 Å². The second-order valence-electron chi connectivity index (χ2n) is 7.05. The zero-order chi connectivity index (χ0) is 19.8. The number of rotatable bonds is 3. The number of halogens is 4. The highest BCUT2D eigenvalue weighted by molar-refractivity contribution is 9.10. The van der Waals surface area contributed by atoms with Crippen LogP contribution < -0.4 is 0 Å². The number of benzene rings is 2. The van der Waals surface area contributed by atoms with Gasteiger partial charge in [-0.05, 0) is 78.8 Å². The van der Waals surface area contributed by atoms with Crippen molar-refractivity contribution < 1.29 is 17.9 Å². The Morgan fingerprint density at radius 3 is 2.19 bits per heavy atom. The quantitative estimate of drug-likeness (QED) is 0.487. The Kier molecular flexibility index (Phi) is 5.37. The molecule has 2 aromatic carbocycles. The minimum absolute atomic E-state index is 0.166. The van der Waals surface area contributed by atoms with Crippen LogP contribution in [0.2, 0.25) is 0 Å². The van der Waals surface area contributed by atoms with Crippen molar-refractivity contribution in [2.45, 2.75) is 39.2 Å². The summed E-state index contributed by atoms with van der Waals surface area (Å²) in [7, 11) is 0. The standard InChI is InChI=1S/C22H20BrF3O/c1-14-12-15(2)20(13-19(14)16-4-6-18(23)7-5-16)17-8-10-21(3,11-9-17)27-22(24,25)26/h4-10,12-13H,11H2,1-3H3. The molecule has 0 bridgehead atoms. The SMILES string of the molecule is Cc1cc(C)c(-c2ccc(Br)cc2)cc1C1=CCC(C)(OC(F)(F)F)C=C1. The fraction of sp³-hybridized carbons (Fsp3) is 0.273. The minimum Gasteiger partial charge on any atom is -0.281 e. The van der Waals surface area contributed by atoms with Crippen LogP contribution in [-0.4, -0.2) is 12.0 Å². The van der Waals surface area contributed by atoms with Crippen LogP contribution >= 0.6 is 15.9 Å². The summed E-state index contributed by atoms with van der Waals surface area (Å²) in [4.78, 5) is 0. The molecular formula is C22H20BrF3O. The molecule has 0 amide bonds. The Morgan fingerprint density at radius 2 is 1.63 bits per heavy atom. The van der Waals surface area contributed by atoms with E-state index in [1.807, 2.05) is 37.3 Å². The third kappa shape index (κ3) is 4.71. The predicted molar refractivity (Wildman–Crippen MR) is 106 cm³/mol. The Labute approximate surface area is 165 Å². The molecule has 0 saturated carbocycles. The summed E-state index contributed by atoms with van der Waals surface area (Å²) in [6.07, 6.45) is 0.541. The average Bonchev–Trinajstić information content (AvgIpc) is 2.55. The largest absolute Gasteiger partial charge is 0.523 e. The third-order valence-electron chi connectivity index (χ3n) is 4.73. The Balaban J connectivity index is 1.94. The molecule has 1 atom stereocenters. The summed E-state index contributed by atoms with van der Waals surface area (Å²) in [6, 6.07) is 12.3. The van der Waals surface area contributed by atoms with Gasteiger partial charge in [-0.25, -0.2) is 0 Å². The van der Waals surface area contributed by atoms with Crippen LogP contribution in [0.15, 0.2) is 59.1 Å². The zero-order valence-electron chi connectivity index (χ0n) is 15.3. The van der Waals surface area contributed by atoms with Crippen molar-refractivity contribution >= 4 is 21.5 Å². The number of ether oxygens (including phenoxy) is 1. The molecule has 1 nitrogen and oxygen atoms in total. The molecular weight excluding hydrogens is 417 g/mol. The van der Waals surface area contributed by atoms with Crippen LogP contribution in [0.5, 0.6) is 0 Å². The van der Waals surface area contributed by atoms with Gasteiger partial charge in [0.25, 0.3) is 0 Å². The lowest BCUT2D eigenvalue weighted by Gasteiger charge is -2.29. The second-order valence-corrected chi connectivity index (χ2v) is 7.96.